The summed E-state index contributed by atoms with van der Waals surface area (Å²) in [5.74, 6) is 1.12. The van der Waals surface area contributed by atoms with Crippen molar-refractivity contribution in [2.75, 3.05) is 5.32 Å². The van der Waals surface area contributed by atoms with Gasteiger partial charge in [0.25, 0.3) is 0 Å². The van der Waals surface area contributed by atoms with Gasteiger partial charge < -0.3 is 10.6 Å². The van der Waals surface area contributed by atoms with Gasteiger partial charge in [-0.25, -0.2) is 4.79 Å². The largest absolute Gasteiger partial charge is 0.335 e. The van der Waals surface area contributed by atoms with Gasteiger partial charge in [-0.3, -0.25) is 0 Å². The minimum absolute atomic E-state index is 0.0720. The number of rotatable bonds is 3. The standard InChI is InChI=1S/C17H26N2O/c1-12(2)15-9-4-5-10-16(15)19-17(20)18-14-8-6-7-13(3)11-14/h4-5,9-10,12-14H,6-8,11H2,1-3H3,(H2,18,19,20)/t13-,14-/m1/s1. The van der Waals surface area contributed by atoms with Crippen LogP contribution in [-0.2, 0) is 0 Å². The molecule has 0 spiro atoms. The molecule has 0 bridgehead atoms. The predicted octanol–water partition coefficient (Wildman–Crippen LogP) is 4.51. The lowest BCUT2D eigenvalue weighted by molar-refractivity contribution is 0.238. The molecule has 1 aliphatic rings. The first-order chi connectivity index (χ1) is 9.56. The van der Waals surface area contributed by atoms with E-state index in [9.17, 15) is 4.79 Å². The SMILES string of the molecule is CC(C)c1ccccc1NC(=O)N[C@@H]1CCC[C@@H](C)C1. The zero-order chi connectivity index (χ0) is 14.5. The van der Waals surface area contributed by atoms with Gasteiger partial charge in [0.2, 0.25) is 0 Å². The second-order valence-electron chi connectivity index (χ2n) is 6.31. The molecule has 0 heterocycles. The van der Waals surface area contributed by atoms with Crippen LogP contribution in [0.3, 0.4) is 0 Å². The van der Waals surface area contributed by atoms with E-state index in [0.29, 0.717) is 12.0 Å². The van der Waals surface area contributed by atoms with E-state index in [4.69, 9.17) is 0 Å². The molecule has 1 aliphatic carbocycles. The highest BCUT2D eigenvalue weighted by molar-refractivity contribution is 5.90. The molecule has 0 unspecified atom stereocenters. The number of nitrogens with one attached hydrogen (secondary N) is 2. The molecule has 2 atom stereocenters. The normalized spacial score (nSPS) is 22.6. The lowest BCUT2D eigenvalue weighted by Crippen LogP contribution is -2.40. The van der Waals surface area contributed by atoms with Crippen LogP contribution in [0.25, 0.3) is 0 Å². The molecule has 2 rings (SSSR count). The molecule has 20 heavy (non-hydrogen) atoms. The molecular formula is C17H26N2O. The van der Waals surface area contributed by atoms with E-state index in [1.165, 1.54) is 18.4 Å². The van der Waals surface area contributed by atoms with Crippen LogP contribution in [0.5, 0.6) is 0 Å². The third-order valence-electron chi connectivity index (χ3n) is 4.10. The Bertz CT molecular complexity index is 456. The van der Waals surface area contributed by atoms with Crippen molar-refractivity contribution in [2.45, 2.75) is 58.4 Å². The predicted molar refractivity (Wildman–Crippen MR) is 84.1 cm³/mol. The average Bonchev–Trinajstić information content (AvgIpc) is 2.38. The topological polar surface area (TPSA) is 41.1 Å². The summed E-state index contributed by atoms with van der Waals surface area (Å²) < 4.78 is 0. The van der Waals surface area contributed by atoms with Crippen LogP contribution in [0.4, 0.5) is 10.5 Å². The molecule has 3 heteroatoms. The molecule has 0 aromatic heterocycles. The second-order valence-corrected chi connectivity index (χ2v) is 6.31. The molecule has 1 fully saturated rings. The second kappa shape index (κ2) is 6.78. The summed E-state index contributed by atoms with van der Waals surface area (Å²) in [5, 5.41) is 6.12. The zero-order valence-corrected chi connectivity index (χ0v) is 12.8. The fourth-order valence-corrected chi connectivity index (χ4v) is 3.02. The van der Waals surface area contributed by atoms with Crippen molar-refractivity contribution < 1.29 is 4.79 Å². The van der Waals surface area contributed by atoms with Crippen molar-refractivity contribution in [3.63, 3.8) is 0 Å². The highest BCUT2D eigenvalue weighted by Crippen LogP contribution is 2.25. The number of hydrogen-bond acceptors (Lipinski definition) is 1. The number of urea groups is 1. The first-order valence-electron chi connectivity index (χ1n) is 7.72. The van der Waals surface area contributed by atoms with Gasteiger partial charge in [-0.2, -0.15) is 0 Å². The number of carbonyl (C=O) groups is 1. The van der Waals surface area contributed by atoms with Crippen molar-refractivity contribution in [2.24, 2.45) is 5.92 Å². The van der Waals surface area contributed by atoms with E-state index >= 15 is 0 Å². The van der Waals surface area contributed by atoms with Crippen LogP contribution in [-0.4, -0.2) is 12.1 Å². The number of anilines is 1. The lowest BCUT2D eigenvalue weighted by Gasteiger charge is -2.27. The molecule has 0 saturated heterocycles. The Morgan fingerprint density at radius 1 is 1.25 bits per heavy atom. The van der Waals surface area contributed by atoms with Gasteiger partial charge in [-0.05, 0) is 36.3 Å². The van der Waals surface area contributed by atoms with E-state index in [0.717, 1.165) is 24.4 Å². The molecule has 3 nitrogen and oxygen atoms in total. The minimum atomic E-state index is -0.0720. The molecule has 0 aliphatic heterocycles. The summed E-state index contributed by atoms with van der Waals surface area (Å²) in [5.41, 5.74) is 2.10. The van der Waals surface area contributed by atoms with Crippen LogP contribution in [0, 0.1) is 5.92 Å². The Balaban J connectivity index is 1.94. The van der Waals surface area contributed by atoms with Crippen molar-refractivity contribution in [1.82, 2.24) is 5.32 Å². The van der Waals surface area contributed by atoms with E-state index in [1.54, 1.807) is 0 Å². The Hall–Kier alpha value is -1.51. The van der Waals surface area contributed by atoms with E-state index < -0.39 is 0 Å². The van der Waals surface area contributed by atoms with Gasteiger partial charge in [-0.1, -0.05) is 51.8 Å². The van der Waals surface area contributed by atoms with Gasteiger partial charge in [0.05, 0.1) is 0 Å². The number of carbonyl (C=O) groups excluding carboxylic acids is 1. The number of para-hydroxylation sites is 1. The van der Waals surface area contributed by atoms with Gasteiger partial charge in [-0.15, -0.1) is 0 Å². The zero-order valence-electron chi connectivity index (χ0n) is 12.8. The quantitative estimate of drug-likeness (QED) is 0.836. The molecule has 2 amide bonds. The Kier molecular flexibility index (Phi) is 5.05. The first kappa shape index (κ1) is 14.9. The van der Waals surface area contributed by atoms with Crippen LogP contribution in [0.1, 0.15) is 57.9 Å². The van der Waals surface area contributed by atoms with Gasteiger partial charge in [0.15, 0.2) is 0 Å². The molecule has 0 radical (unpaired) electrons. The summed E-state index contributed by atoms with van der Waals surface area (Å²) in [4.78, 5) is 12.1. The maximum absolute atomic E-state index is 12.1. The minimum Gasteiger partial charge on any atom is -0.335 e. The summed E-state index contributed by atoms with van der Waals surface area (Å²) >= 11 is 0. The summed E-state index contributed by atoms with van der Waals surface area (Å²) in [6, 6.07) is 8.27. The van der Waals surface area contributed by atoms with Crippen molar-refractivity contribution >= 4 is 11.7 Å². The molecule has 1 saturated carbocycles. The van der Waals surface area contributed by atoms with E-state index in [2.05, 4.69) is 37.5 Å². The van der Waals surface area contributed by atoms with Gasteiger partial charge in [0.1, 0.15) is 0 Å². The Morgan fingerprint density at radius 3 is 2.70 bits per heavy atom. The number of hydrogen-bond donors (Lipinski definition) is 2. The van der Waals surface area contributed by atoms with Crippen LogP contribution < -0.4 is 10.6 Å². The maximum Gasteiger partial charge on any atom is 0.319 e. The highest BCUT2D eigenvalue weighted by Gasteiger charge is 2.20. The third-order valence-corrected chi connectivity index (χ3v) is 4.10. The fraction of sp³-hybridized carbons (Fsp3) is 0.588. The number of amides is 2. The number of benzene rings is 1. The highest BCUT2D eigenvalue weighted by atomic mass is 16.2. The Labute approximate surface area is 122 Å². The van der Waals surface area contributed by atoms with Crippen LogP contribution in [0.15, 0.2) is 24.3 Å². The smallest absolute Gasteiger partial charge is 0.319 e. The first-order valence-corrected chi connectivity index (χ1v) is 7.72. The molecular weight excluding hydrogens is 248 g/mol. The van der Waals surface area contributed by atoms with E-state index in [-0.39, 0.29) is 6.03 Å². The summed E-state index contributed by atoms with van der Waals surface area (Å²) in [7, 11) is 0. The van der Waals surface area contributed by atoms with Crippen molar-refractivity contribution in [3.05, 3.63) is 29.8 Å². The molecule has 1 aromatic rings. The van der Waals surface area contributed by atoms with Gasteiger partial charge in [0, 0.05) is 11.7 Å². The van der Waals surface area contributed by atoms with Gasteiger partial charge >= 0.3 is 6.03 Å². The summed E-state index contributed by atoms with van der Waals surface area (Å²) in [6.45, 7) is 6.54. The monoisotopic (exact) mass is 274 g/mol. The van der Waals surface area contributed by atoms with Crippen LogP contribution >= 0.6 is 0 Å². The average molecular weight is 274 g/mol. The third kappa shape index (κ3) is 3.99. The summed E-state index contributed by atoms with van der Waals surface area (Å²) in [6.07, 6.45) is 4.70. The molecule has 110 valence electrons. The molecule has 1 aromatic carbocycles. The Morgan fingerprint density at radius 2 is 2.00 bits per heavy atom. The van der Waals surface area contributed by atoms with Crippen molar-refractivity contribution in [3.8, 4) is 0 Å². The van der Waals surface area contributed by atoms with E-state index in [1.807, 2.05) is 18.2 Å². The van der Waals surface area contributed by atoms with Crippen molar-refractivity contribution in [1.29, 1.82) is 0 Å². The van der Waals surface area contributed by atoms with Crippen LogP contribution in [0.2, 0.25) is 0 Å². The fourth-order valence-electron chi connectivity index (χ4n) is 3.02. The maximum atomic E-state index is 12.1. The molecule has 2 N–H and O–H groups in total. The lowest BCUT2D eigenvalue weighted by atomic mass is 9.87.